The molecular formula is C16H21N5O2. The summed E-state index contributed by atoms with van der Waals surface area (Å²) < 4.78 is 13.4. The zero-order chi connectivity index (χ0) is 15.7. The van der Waals surface area contributed by atoms with Crippen LogP contribution in [-0.4, -0.2) is 57.2 Å². The van der Waals surface area contributed by atoms with Crippen LogP contribution in [0, 0.1) is 0 Å². The summed E-state index contributed by atoms with van der Waals surface area (Å²) in [4.78, 5) is 2.39. The highest BCUT2D eigenvalue weighted by Crippen LogP contribution is 2.34. The van der Waals surface area contributed by atoms with Crippen LogP contribution < -0.4 is 0 Å². The van der Waals surface area contributed by atoms with E-state index in [1.807, 2.05) is 35.0 Å². The second-order valence-corrected chi connectivity index (χ2v) is 6.10. The number of tetrazole rings is 1. The lowest BCUT2D eigenvalue weighted by atomic mass is 10.0. The van der Waals surface area contributed by atoms with Crippen molar-refractivity contribution in [2.24, 2.45) is 0 Å². The summed E-state index contributed by atoms with van der Waals surface area (Å²) in [5, 5.41) is 12.3. The lowest BCUT2D eigenvalue weighted by Gasteiger charge is -2.39. The Kier molecular flexibility index (Phi) is 3.84. The van der Waals surface area contributed by atoms with Gasteiger partial charge in [-0.25, -0.2) is 0 Å². The lowest BCUT2D eigenvalue weighted by molar-refractivity contribution is -0.187. The minimum atomic E-state index is -0.346. The van der Waals surface area contributed by atoms with Gasteiger partial charge in [-0.05, 0) is 29.5 Å². The molecule has 1 unspecified atom stereocenters. The van der Waals surface area contributed by atoms with E-state index in [1.54, 1.807) is 0 Å². The van der Waals surface area contributed by atoms with Gasteiger partial charge >= 0.3 is 0 Å². The Morgan fingerprint density at radius 3 is 2.48 bits per heavy atom. The van der Waals surface area contributed by atoms with E-state index in [9.17, 15) is 0 Å². The molecule has 1 spiro atoms. The fourth-order valence-electron chi connectivity index (χ4n) is 3.41. The monoisotopic (exact) mass is 315 g/mol. The van der Waals surface area contributed by atoms with Gasteiger partial charge < -0.3 is 9.47 Å². The number of nitrogens with zero attached hydrogens (tertiary/aromatic N) is 5. The van der Waals surface area contributed by atoms with Crippen molar-refractivity contribution >= 4 is 0 Å². The van der Waals surface area contributed by atoms with Crippen LogP contribution in [0.15, 0.2) is 30.3 Å². The largest absolute Gasteiger partial charge is 0.347 e. The van der Waals surface area contributed by atoms with E-state index in [2.05, 4.69) is 27.3 Å². The van der Waals surface area contributed by atoms with Gasteiger partial charge in [0.15, 0.2) is 11.6 Å². The van der Waals surface area contributed by atoms with Crippen molar-refractivity contribution in [1.29, 1.82) is 0 Å². The minimum absolute atomic E-state index is 0.143. The van der Waals surface area contributed by atoms with E-state index >= 15 is 0 Å². The number of likely N-dealkylation sites (tertiary alicyclic amines) is 1. The van der Waals surface area contributed by atoms with E-state index in [-0.39, 0.29) is 11.8 Å². The Morgan fingerprint density at radius 1 is 1.09 bits per heavy atom. The van der Waals surface area contributed by atoms with Crippen LogP contribution in [0.25, 0.3) is 5.69 Å². The van der Waals surface area contributed by atoms with Crippen molar-refractivity contribution in [2.45, 2.75) is 31.6 Å². The Balaban J connectivity index is 1.50. The molecule has 2 fully saturated rings. The molecule has 0 amide bonds. The van der Waals surface area contributed by atoms with Crippen molar-refractivity contribution in [1.82, 2.24) is 25.1 Å². The second kappa shape index (κ2) is 5.99. The molecule has 0 N–H and O–H groups in total. The highest BCUT2D eigenvalue weighted by atomic mass is 16.7. The molecule has 1 atom stereocenters. The van der Waals surface area contributed by atoms with Crippen molar-refractivity contribution < 1.29 is 9.47 Å². The van der Waals surface area contributed by atoms with Gasteiger partial charge in [0.1, 0.15) is 0 Å². The van der Waals surface area contributed by atoms with E-state index in [0.717, 1.165) is 37.4 Å². The SMILES string of the molecule is CC(c1nnnn1-c1ccccc1)N1CCC2(CC1)OCCO2. The zero-order valence-electron chi connectivity index (χ0n) is 13.3. The average molecular weight is 315 g/mol. The van der Waals surface area contributed by atoms with Crippen LogP contribution in [-0.2, 0) is 9.47 Å². The first-order chi connectivity index (χ1) is 11.3. The van der Waals surface area contributed by atoms with Crippen LogP contribution in [0.5, 0.6) is 0 Å². The molecule has 2 aliphatic rings. The van der Waals surface area contributed by atoms with Gasteiger partial charge in [0.05, 0.1) is 24.9 Å². The van der Waals surface area contributed by atoms with Gasteiger partial charge in [0.2, 0.25) is 0 Å². The number of rotatable bonds is 3. The number of hydrogen-bond donors (Lipinski definition) is 0. The second-order valence-electron chi connectivity index (χ2n) is 6.10. The molecule has 0 aliphatic carbocycles. The maximum absolute atomic E-state index is 5.80. The molecule has 23 heavy (non-hydrogen) atoms. The highest BCUT2D eigenvalue weighted by molar-refractivity contribution is 5.30. The van der Waals surface area contributed by atoms with Crippen LogP contribution in [0.2, 0.25) is 0 Å². The number of piperidine rings is 1. The van der Waals surface area contributed by atoms with Gasteiger partial charge in [-0.15, -0.1) is 5.10 Å². The molecule has 0 bridgehead atoms. The van der Waals surface area contributed by atoms with Crippen molar-refractivity contribution in [3.8, 4) is 5.69 Å². The smallest absolute Gasteiger partial charge is 0.173 e. The molecular weight excluding hydrogens is 294 g/mol. The molecule has 122 valence electrons. The van der Waals surface area contributed by atoms with Gasteiger partial charge in [0.25, 0.3) is 0 Å². The van der Waals surface area contributed by atoms with E-state index in [4.69, 9.17) is 9.47 Å². The van der Waals surface area contributed by atoms with E-state index < -0.39 is 0 Å². The molecule has 7 heteroatoms. The molecule has 1 aromatic heterocycles. The van der Waals surface area contributed by atoms with Crippen molar-refractivity contribution in [2.75, 3.05) is 26.3 Å². The summed E-state index contributed by atoms with van der Waals surface area (Å²) in [5.41, 5.74) is 0.982. The zero-order valence-corrected chi connectivity index (χ0v) is 13.3. The fourth-order valence-corrected chi connectivity index (χ4v) is 3.41. The molecule has 2 aliphatic heterocycles. The van der Waals surface area contributed by atoms with Crippen LogP contribution in [0.3, 0.4) is 0 Å². The first-order valence-electron chi connectivity index (χ1n) is 8.13. The third kappa shape index (κ3) is 2.75. The van der Waals surface area contributed by atoms with Gasteiger partial charge in [-0.3, -0.25) is 4.90 Å². The molecule has 0 radical (unpaired) electrons. The van der Waals surface area contributed by atoms with Crippen molar-refractivity contribution in [3.63, 3.8) is 0 Å². The molecule has 0 saturated carbocycles. The summed E-state index contributed by atoms with van der Waals surface area (Å²) in [6.45, 7) is 5.41. The fraction of sp³-hybridized carbons (Fsp3) is 0.562. The molecule has 2 aromatic rings. The molecule has 7 nitrogen and oxygen atoms in total. The summed E-state index contributed by atoms with van der Waals surface area (Å²) in [6.07, 6.45) is 1.79. The van der Waals surface area contributed by atoms with Gasteiger partial charge in [-0.1, -0.05) is 18.2 Å². The Hall–Kier alpha value is -1.83. The van der Waals surface area contributed by atoms with Gasteiger partial charge in [0, 0.05) is 25.9 Å². The average Bonchev–Trinajstić information content (AvgIpc) is 3.26. The van der Waals surface area contributed by atoms with Crippen LogP contribution >= 0.6 is 0 Å². The van der Waals surface area contributed by atoms with E-state index in [1.165, 1.54) is 0 Å². The standard InChI is InChI=1S/C16H21N5O2/c1-13(20-9-7-16(8-10-20)22-11-12-23-16)15-17-18-19-21(15)14-5-3-2-4-6-14/h2-6,13H,7-12H2,1H3. The summed E-state index contributed by atoms with van der Waals surface area (Å²) >= 11 is 0. The molecule has 1 aromatic carbocycles. The normalized spacial score (nSPS) is 22.5. The predicted molar refractivity (Wildman–Crippen MR) is 83.0 cm³/mol. The number of ether oxygens (including phenoxy) is 2. The first kappa shape index (κ1) is 14.7. The lowest BCUT2D eigenvalue weighted by Crippen LogP contribution is -2.46. The predicted octanol–water partition coefficient (Wildman–Crippen LogP) is 1.56. The number of aromatic nitrogens is 4. The summed E-state index contributed by atoms with van der Waals surface area (Å²) in [7, 11) is 0. The number of benzene rings is 1. The highest BCUT2D eigenvalue weighted by Gasteiger charge is 2.41. The Bertz CT molecular complexity index is 644. The van der Waals surface area contributed by atoms with Gasteiger partial charge in [-0.2, -0.15) is 4.68 Å². The van der Waals surface area contributed by atoms with Crippen molar-refractivity contribution in [3.05, 3.63) is 36.2 Å². The summed E-state index contributed by atoms with van der Waals surface area (Å²) in [5.74, 6) is 0.516. The maximum atomic E-state index is 5.80. The quantitative estimate of drug-likeness (QED) is 0.856. The third-order valence-corrected chi connectivity index (χ3v) is 4.79. The molecule has 2 saturated heterocycles. The Labute approximate surface area is 135 Å². The van der Waals surface area contributed by atoms with Crippen LogP contribution in [0.4, 0.5) is 0 Å². The van der Waals surface area contributed by atoms with E-state index in [0.29, 0.717) is 13.2 Å². The topological polar surface area (TPSA) is 65.3 Å². The summed E-state index contributed by atoms with van der Waals surface area (Å²) in [6, 6.07) is 10.1. The first-order valence-corrected chi connectivity index (χ1v) is 8.13. The third-order valence-electron chi connectivity index (χ3n) is 4.79. The Morgan fingerprint density at radius 2 is 1.78 bits per heavy atom. The number of hydrogen-bond acceptors (Lipinski definition) is 6. The molecule has 3 heterocycles. The molecule has 4 rings (SSSR count). The number of para-hydroxylation sites is 1. The maximum Gasteiger partial charge on any atom is 0.173 e. The van der Waals surface area contributed by atoms with Crippen LogP contribution in [0.1, 0.15) is 31.6 Å². The minimum Gasteiger partial charge on any atom is -0.347 e.